The van der Waals surface area contributed by atoms with E-state index >= 15 is 0 Å². The van der Waals surface area contributed by atoms with E-state index in [1.54, 1.807) is 72.4 Å². The molecule has 1 fully saturated rings. The Morgan fingerprint density at radius 3 is 2.49 bits per heavy atom. The van der Waals surface area contributed by atoms with Gasteiger partial charge in [-0.05, 0) is 72.1 Å². The van der Waals surface area contributed by atoms with Gasteiger partial charge in [0.2, 0.25) is 5.91 Å². The summed E-state index contributed by atoms with van der Waals surface area (Å²) in [4.78, 5) is 52.1. The highest BCUT2D eigenvalue weighted by molar-refractivity contribution is 8.18. The van der Waals surface area contributed by atoms with Gasteiger partial charge in [0.15, 0.2) is 6.61 Å². The number of hydrogen-bond donors (Lipinski definition) is 2. The number of nitrogens with one attached hydrogen (secondary N) is 2. The van der Waals surface area contributed by atoms with Gasteiger partial charge in [-0.25, -0.2) is 0 Å². The highest BCUT2D eigenvalue weighted by atomic mass is 32.2. The van der Waals surface area contributed by atoms with Crippen molar-refractivity contribution in [1.82, 2.24) is 4.90 Å². The number of imide groups is 1. The molecular formula is C28H25N3O6S2. The maximum atomic E-state index is 12.8. The molecule has 0 unspecified atom stereocenters. The van der Waals surface area contributed by atoms with Crippen LogP contribution >= 0.6 is 23.5 Å². The van der Waals surface area contributed by atoms with Crippen molar-refractivity contribution in [3.05, 3.63) is 83.3 Å². The van der Waals surface area contributed by atoms with Crippen LogP contribution in [0.4, 0.5) is 16.2 Å². The molecule has 11 heteroatoms. The Morgan fingerprint density at radius 2 is 1.74 bits per heavy atom. The predicted molar refractivity (Wildman–Crippen MR) is 153 cm³/mol. The van der Waals surface area contributed by atoms with Gasteiger partial charge in [-0.3, -0.25) is 24.1 Å². The van der Waals surface area contributed by atoms with E-state index in [9.17, 15) is 19.2 Å². The minimum Gasteiger partial charge on any atom is -0.495 e. The number of rotatable bonds is 10. The van der Waals surface area contributed by atoms with Gasteiger partial charge in [-0.1, -0.05) is 30.3 Å². The molecule has 0 atom stereocenters. The monoisotopic (exact) mass is 563 g/mol. The lowest BCUT2D eigenvalue weighted by molar-refractivity contribution is -0.127. The molecule has 4 amide bonds. The molecule has 0 radical (unpaired) electrons. The Labute approximate surface area is 233 Å². The Kier molecular flexibility index (Phi) is 9.29. The molecule has 0 saturated carbocycles. The molecule has 0 bridgehead atoms. The number of amides is 4. The number of para-hydroxylation sites is 2. The number of ether oxygens (including phenoxy) is 2. The molecule has 1 aliphatic heterocycles. The van der Waals surface area contributed by atoms with Crippen LogP contribution in [0.2, 0.25) is 0 Å². The van der Waals surface area contributed by atoms with Crippen LogP contribution in [0.1, 0.15) is 5.56 Å². The van der Waals surface area contributed by atoms with E-state index in [4.69, 9.17) is 9.47 Å². The van der Waals surface area contributed by atoms with Crippen LogP contribution in [0.3, 0.4) is 0 Å². The van der Waals surface area contributed by atoms with Gasteiger partial charge in [-0.15, -0.1) is 11.8 Å². The first-order chi connectivity index (χ1) is 18.9. The number of carbonyl (C=O) groups is 4. The molecular weight excluding hydrogens is 538 g/mol. The summed E-state index contributed by atoms with van der Waals surface area (Å²) in [5, 5.41) is 4.94. The van der Waals surface area contributed by atoms with Gasteiger partial charge in [0.25, 0.3) is 17.1 Å². The number of benzene rings is 3. The Morgan fingerprint density at radius 1 is 0.974 bits per heavy atom. The third-order valence-electron chi connectivity index (χ3n) is 5.46. The van der Waals surface area contributed by atoms with Crippen molar-refractivity contribution in [1.29, 1.82) is 0 Å². The van der Waals surface area contributed by atoms with Crippen molar-refractivity contribution in [2.24, 2.45) is 0 Å². The highest BCUT2D eigenvalue weighted by Crippen LogP contribution is 2.32. The van der Waals surface area contributed by atoms with E-state index in [1.807, 2.05) is 24.5 Å². The van der Waals surface area contributed by atoms with Gasteiger partial charge < -0.3 is 20.1 Å². The van der Waals surface area contributed by atoms with Crippen LogP contribution < -0.4 is 20.1 Å². The van der Waals surface area contributed by atoms with Crippen molar-refractivity contribution >= 4 is 63.9 Å². The van der Waals surface area contributed by atoms with Crippen LogP contribution in [0.5, 0.6) is 11.5 Å². The average molecular weight is 564 g/mol. The fourth-order valence-corrected chi connectivity index (χ4v) is 4.87. The average Bonchev–Trinajstić information content (AvgIpc) is 3.20. The van der Waals surface area contributed by atoms with E-state index in [0.717, 1.165) is 21.6 Å². The molecule has 2 N–H and O–H groups in total. The van der Waals surface area contributed by atoms with Gasteiger partial charge in [0, 0.05) is 10.6 Å². The summed E-state index contributed by atoms with van der Waals surface area (Å²) in [5.74, 6) is -0.350. The first-order valence-electron chi connectivity index (χ1n) is 11.7. The van der Waals surface area contributed by atoms with E-state index in [-0.39, 0.29) is 24.0 Å². The summed E-state index contributed by atoms with van der Waals surface area (Å²) in [6.07, 6.45) is 3.50. The maximum Gasteiger partial charge on any atom is 0.294 e. The Balaban J connectivity index is 1.31. The fraction of sp³-hybridized carbons (Fsp3) is 0.143. The third kappa shape index (κ3) is 7.43. The SMILES string of the molecule is COc1ccccc1NC(=O)COc1ccc(/C=C2\SC(=O)N(CC(=O)Nc3cccc(SC)c3)C2=O)cc1. The lowest BCUT2D eigenvalue weighted by atomic mass is 10.2. The number of hydrogen-bond acceptors (Lipinski definition) is 8. The fourth-order valence-electron chi connectivity index (χ4n) is 3.58. The standard InChI is InChI=1S/C28H25N3O6S2/c1-36-23-9-4-3-8-22(23)30-26(33)17-37-20-12-10-18(11-13-20)14-24-27(34)31(28(35)39-24)16-25(32)29-19-6-5-7-21(15-19)38-2/h3-15H,16-17H2,1-2H3,(H,29,32)(H,30,33)/b24-14-. The van der Waals surface area contributed by atoms with Crippen molar-refractivity contribution < 1.29 is 28.7 Å². The smallest absolute Gasteiger partial charge is 0.294 e. The molecule has 0 spiro atoms. The minimum atomic E-state index is -0.536. The lowest BCUT2D eigenvalue weighted by Gasteiger charge is -2.12. The summed E-state index contributed by atoms with van der Waals surface area (Å²) >= 11 is 2.31. The van der Waals surface area contributed by atoms with Crippen LogP contribution in [0, 0.1) is 0 Å². The Hall–Kier alpha value is -4.22. The molecule has 9 nitrogen and oxygen atoms in total. The normalized spacial score (nSPS) is 13.9. The molecule has 1 aliphatic rings. The number of methoxy groups -OCH3 is 1. The van der Waals surface area contributed by atoms with Crippen molar-refractivity contribution in [3.8, 4) is 11.5 Å². The molecule has 0 aliphatic carbocycles. The van der Waals surface area contributed by atoms with Crippen molar-refractivity contribution in [2.45, 2.75) is 4.90 Å². The summed E-state index contributed by atoms with van der Waals surface area (Å²) in [5.41, 5.74) is 1.79. The second-order valence-electron chi connectivity index (χ2n) is 8.15. The lowest BCUT2D eigenvalue weighted by Crippen LogP contribution is -2.36. The van der Waals surface area contributed by atoms with Gasteiger partial charge in [-0.2, -0.15) is 0 Å². The summed E-state index contributed by atoms with van der Waals surface area (Å²) < 4.78 is 10.8. The second kappa shape index (κ2) is 13.0. The molecule has 3 aromatic carbocycles. The molecule has 0 aromatic heterocycles. The van der Waals surface area contributed by atoms with Gasteiger partial charge in [0.05, 0.1) is 17.7 Å². The van der Waals surface area contributed by atoms with Gasteiger partial charge >= 0.3 is 0 Å². The maximum absolute atomic E-state index is 12.8. The number of thioether (sulfide) groups is 2. The summed E-state index contributed by atoms with van der Waals surface area (Å²) in [6.45, 7) is -0.588. The second-order valence-corrected chi connectivity index (χ2v) is 10.0. The van der Waals surface area contributed by atoms with E-state index < -0.39 is 17.1 Å². The minimum absolute atomic E-state index is 0.208. The largest absolute Gasteiger partial charge is 0.495 e. The molecule has 1 heterocycles. The topological polar surface area (TPSA) is 114 Å². The summed E-state index contributed by atoms with van der Waals surface area (Å²) in [6, 6.07) is 21.1. The quantitative estimate of drug-likeness (QED) is 0.258. The van der Waals surface area contributed by atoms with E-state index in [1.165, 1.54) is 7.11 Å². The zero-order valence-electron chi connectivity index (χ0n) is 21.1. The van der Waals surface area contributed by atoms with Gasteiger partial charge in [0.1, 0.15) is 18.0 Å². The molecule has 4 rings (SSSR count). The summed E-state index contributed by atoms with van der Waals surface area (Å²) in [7, 11) is 1.52. The van der Waals surface area contributed by atoms with Crippen LogP contribution in [-0.4, -0.2) is 54.4 Å². The van der Waals surface area contributed by atoms with Crippen LogP contribution in [-0.2, 0) is 14.4 Å². The third-order valence-corrected chi connectivity index (χ3v) is 7.09. The number of anilines is 2. The highest BCUT2D eigenvalue weighted by Gasteiger charge is 2.36. The van der Waals surface area contributed by atoms with Crippen LogP contribution in [0.15, 0.2) is 82.6 Å². The van der Waals surface area contributed by atoms with Crippen molar-refractivity contribution in [2.75, 3.05) is 37.2 Å². The Bertz CT molecular complexity index is 1420. The first-order valence-corrected chi connectivity index (χ1v) is 13.8. The number of nitrogens with zero attached hydrogens (tertiary/aromatic N) is 1. The molecule has 1 saturated heterocycles. The predicted octanol–water partition coefficient (Wildman–Crippen LogP) is 5.11. The van der Waals surface area contributed by atoms with Crippen LogP contribution in [0.25, 0.3) is 6.08 Å². The van der Waals surface area contributed by atoms with Crippen molar-refractivity contribution in [3.63, 3.8) is 0 Å². The molecule has 200 valence electrons. The number of carbonyl (C=O) groups excluding carboxylic acids is 4. The van der Waals surface area contributed by atoms with E-state index in [0.29, 0.717) is 28.4 Å². The zero-order valence-corrected chi connectivity index (χ0v) is 22.8. The first kappa shape index (κ1) is 27.8. The zero-order chi connectivity index (χ0) is 27.8. The molecule has 3 aromatic rings. The molecule has 39 heavy (non-hydrogen) atoms. The van der Waals surface area contributed by atoms with E-state index in [2.05, 4.69) is 10.6 Å².